The van der Waals surface area contributed by atoms with E-state index < -0.39 is 12.0 Å². The summed E-state index contributed by atoms with van der Waals surface area (Å²) >= 11 is 1.61. The molecule has 5 aromatic rings. The highest BCUT2D eigenvalue weighted by Crippen LogP contribution is 2.37. The number of aromatic nitrogens is 2. The molecule has 6 nitrogen and oxygen atoms in total. The molecule has 178 valence electrons. The predicted octanol–water partition coefficient (Wildman–Crippen LogP) is 6.06. The Hall–Kier alpha value is -3.52. The number of fused-ring (bicyclic) bond motifs is 2. The number of benzene rings is 3. The van der Waals surface area contributed by atoms with Gasteiger partial charge in [0.15, 0.2) is 0 Å². The number of carboxylic acids is 1. The molecule has 0 fully saturated rings. The van der Waals surface area contributed by atoms with Crippen LogP contribution in [-0.4, -0.2) is 27.1 Å². The lowest BCUT2D eigenvalue weighted by molar-refractivity contribution is -0.138. The molecule has 4 N–H and O–H groups in total. The van der Waals surface area contributed by atoms with E-state index in [0.717, 1.165) is 32.7 Å². The lowest BCUT2D eigenvalue weighted by atomic mass is 10.0. The maximum Gasteiger partial charge on any atom is 0.320 e. The molecule has 1 unspecified atom stereocenters. The van der Waals surface area contributed by atoms with E-state index in [-0.39, 0.29) is 18.4 Å². The molecule has 35 heavy (non-hydrogen) atoms. The third kappa shape index (κ3) is 5.12. The van der Waals surface area contributed by atoms with Crippen molar-refractivity contribution in [1.82, 2.24) is 9.97 Å². The van der Waals surface area contributed by atoms with E-state index in [2.05, 4.69) is 64.0 Å². The minimum Gasteiger partial charge on any atom is -0.480 e. The average molecular weight is 505 g/mol. The van der Waals surface area contributed by atoms with Gasteiger partial charge >= 0.3 is 5.97 Å². The van der Waals surface area contributed by atoms with E-state index in [9.17, 15) is 4.79 Å². The highest BCUT2D eigenvalue weighted by molar-refractivity contribution is 7.18. The molecule has 0 spiro atoms. The molecule has 0 amide bonds. The molecule has 0 saturated carbocycles. The van der Waals surface area contributed by atoms with E-state index in [1.165, 1.54) is 16.3 Å². The number of halogens is 1. The fourth-order valence-electron chi connectivity index (χ4n) is 4.09. The number of anilines is 1. The van der Waals surface area contributed by atoms with Crippen LogP contribution >= 0.6 is 23.7 Å². The second-order valence-corrected chi connectivity index (χ2v) is 9.25. The van der Waals surface area contributed by atoms with Gasteiger partial charge in [-0.05, 0) is 46.9 Å². The molecule has 2 aromatic heterocycles. The number of hydrogen-bond acceptors (Lipinski definition) is 6. The highest BCUT2D eigenvalue weighted by atomic mass is 35.5. The largest absolute Gasteiger partial charge is 0.480 e. The number of thiophene rings is 1. The zero-order valence-electron chi connectivity index (χ0n) is 19.0. The number of aliphatic carboxylic acids is 1. The van der Waals surface area contributed by atoms with Gasteiger partial charge < -0.3 is 16.2 Å². The van der Waals surface area contributed by atoms with Crippen LogP contribution in [0.3, 0.4) is 0 Å². The van der Waals surface area contributed by atoms with Gasteiger partial charge in [-0.3, -0.25) is 4.79 Å². The van der Waals surface area contributed by atoms with Crippen LogP contribution in [0.1, 0.15) is 24.1 Å². The number of nitrogens with two attached hydrogens (primary N) is 1. The van der Waals surface area contributed by atoms with Gasteiger partial charge in [-0.1, -0.05) is 60.7 Å². The van der Waals surface area contributed by atoms with Crippen LogP contribution in [-0.2, 0) is 11.2 Å². The number of nitrogens with one attached hydrogen (secondary N) is 1. The Labute approximate surface area is 213 Å². The smallest absolute Gasteiger partial charge is 0.320 e. The van der Waals surface area contributed by atoms with Crippen molar-refractivity contribution in [3.8, 4) is 11.1 Å². The molecule has 2 heterocycles. The molecule has 2 atom stereocenters. The van der Waals surface area contributed by atoms with E-state index >= 15 is 0 Å². The van der Waals surface area contributed by atoms with Gasteiger partial charge in [-0.15, -0.1) is 23.7 Å². The summed E-state index contributed by atoms with van der Waals surface area (Å²) in [5, 5.41) is 17.1. The van der Waals surface area contributed by atoms with Crippen LogP contribution in [0.5, 0.6) is 0 Å². The van der Waals surface area contributed by atoms with Gasteiger partial charge in [0.05, 0.1) is 16.3 Å². The molecule has 0 aliphatic heterocycles. The molecular formula is C27H25ClN4O2S. The summed E-state index contributed by atoms with van der Waals surface area (Å²) < 4.78 is 1.00. The minimum absolute atomic E-state index is 0. The van der Waals surface area contributed by atoms with Crippen molar-refractivity contribution in [2.75, 3.05) is 5.32 Å². The Kier molecular flexibility index (Phi) is 7.31. The van der Waals surface area contributed by atoms with Crippen molar-refractivity contribution in [2.24, 2.45) is 5.73 Å². The topological polar surface area (TPSA) is 101 Å². The molecule has 0 bridgehead atoms. The van der Waals surface area contributed by atoms with E-state index in [1.807, 2.05) is 30.3 Å². The quantitative estimate of drug-likeness (QED) is 0.249. The summed E-state index contributed by atoms with van der Waals surface area (Å²) in [6.07, 6.45) is 1.89. The first kappa shape index (κ1) is 24.6. The molecule has 5 rings (SSSR count). The summed E-state index contributed by atoms with van der Waals surface area (Å²) in [5.41, 5.74) is 10.7. The Morgan fingerprint density at radius 3 is 2.54 bits per heavy atom. The van der Waals surface area contributed by atoms with Crippen LogP contribution in [0.15, 0.2) is 78.4 Å². The van der Waals surface area contributed by atoms with Crippen molar-refractivity contribution in [3.63, 3.8) is 0 Å². The number of carboxylic acid groups (broad SMARTS) is 1. The molecule has 0 radical (unpaired) electrons. The minimum atomic E-state index is -0.998. The zero-order chi connectivity index (χ0) is 23.7. The molecule has 0 aliphatic carbocycles. The lowest BCUT2D eigenvalue weighted by Gasteiger charge is -2.16. The summed E-state index contributed by atoms with van der Waals surface area (Å²) in [6, 6.07) is 21.8. The van der Waals surface area contributed by atoms with Crippen LogP contribution in [0.2, 0.25) is 0 Å². The maximum atomic E-state index is 11.0. The lowest BCUT2D eigenvalue weighted by Crippen LogP contribution is -2.32. The monoisotopic (exact) mass is 504 g/mol. The van der Waals surface area contributed by atoms with Gasteiger partial charge in [0.2, 0.25) is 0 Å². The number of carbonyl (C=O) groups is 1. The van der Waals surface area contributed by atoms with Crippen LogP contribution < -0.4 is 11.1 Å². The summed E-state index contributed by atoms with van der Waals surface area (Å²) in [5.74, 6) is -0.187. The molecule has 0 saturated heterocycles. The fourth-order valence-corrected chi connectivity index (χ4v) is 5.07. The first-order valence-electron chi connectivity index (χ1n) is 11.0. The summed E-state index contributed by atoms with van der Waals surface area (Å²) in [6.45, 7) is 2.13. The standard InChI is InChI=1S/C27H24N4O2S.ClH/c1-16(20-11-10-18-4-2-3-5-21(18)13-20)31-26-25-24(29-15-30-26)22(14-34-25)19-8-6-17(7-9-19)12-23(28)27(32)33;/h2-11,13-16,23H,12,28H2,1H3,(H,32,33)(H,29,30,31);1H/t16-,23?;/m1./s1. The van der Waals surface area contributed by atoms with Gasteiger partial charge in [-0.25, -0.2) is 9.97 Å². The third-order valence-electron chi connectivity index (χ3n) is 6.02. The van der Waals surface area contributed by atoms with E-state index in [1.54, 1.807) is 17.7 Å². The molecule has 3 aromatic carbocycles. The van der Waals surface area contributed by atoms with Crippen molar-refractivity contribution >= 4 is 56.5 Å². The van der Waals surface area contributed by atoms with Crippen LogP contribution in [0.25, 0.3) is 32.1 Å². The van der Waals surface area contributed by atoms with Crippen molar-refractivity contribution in [2.45, 2.75) is 25.4 Å². The third-order valence-corrected chi connectivity index (χ3v) is 6.99. The number of hydrogen-bond donors (Lipinski definition) is 3. The van der Waals surface area contributed by atoms with Crippen LogP contribution in [0, 0.1) is 0 Å². The van der Waals surface area contributed by atoms with Gasteiger partial charge in [0, 0.05) is 10.9 Å². The van der Waals surface area contributed by atoms with Gasteiger partial charge in [0.1, 0.15) is 18.2 Å². The van der Waals surface area contributed by atoms with Crippen molar-refractivity contribution in [3.05, 3.63) is 89.6 Å². The number of nitrogens with zero attached hydrogens (tertiary/aromatic N) is 2. The SMILES string of the molecule is C[C@@H](Nc1ncnc2c(-c3ccc(CC(N)C(=O)O)cc3)csc12)c1ccc2ccccc2c1.Cl. The second kappa shape index (κ2) is 10.4. The summed E-state index contributed by atoms with van der Waals surface area (Å²) in [4.78, 5) is 20.1. The first-order chi connectivity index (χ1) is 16.5. The summed E-state index contributed by atoms with van der Waals surface area (Å²) in [7, 11) is 0. The fraction of sp³-hybridized carbons (Fsp3) is 0.148. The predicted molar refractivity (Wildman–Crippen MR) is 145 cm³/mol. The highest BCUT2D eigenvalue weighted by Gasteiger charge is 2.16. The number of rotatable bonds is 7. The zero-order valence-corrected chi connectivity index (χ0v) is 20.6. The van der Waals surface area contributed by atoms with Crippen molar-refractivity contribution < 1.29 is 9.90 Å². The van der Waals surface area contributed by atoms with Gasteiger partial charge in [-0.2, -0.15) is 0 Å². The van der Waals surface area contributed by atoms with Crippen LogP contribution in [0.4, 0.5) is 5.82 Å². The molecular weight excluding hydrogens is 480 g/mol. The Bertz CT molecular complexity index is 1490. The maximum absolute atomic E-state index is 11.0. The molecule has 0 aliphatic rings. The first-order valence-corrected chi connectivity index (χ1v) is 11.9. The van der Waals surface area contributed by atoms with Gasteiger partial charge in [0.25, 0.3) is 0 Å². The molecule has 8 heteroatoms. The average Bonchev–Trinajstić information content (AvgIpc) is 3.29. The normalized spacial score (nSPS) is 12.7. The second-order valence-electron chi connectivity index (χ2n) is 8.37. The van der Waals surface area contributed by atoms with E-state index in [4.69, 9.17) is 10.8 Å². The van der Waals surface area contributed by atoms with Crippen molar-refractivity contribution in [1.29, 1.82) is 0 Å². The Morgan fingerprint density at radius 2 is 1.80 bits per heavy atom. The Balaban J connectivity index is 0.00000289. The Morgan fingerprint density at radius 1 is 1.06 bits per heavy atom. The van der Waals surface area contributed by atoms with E-state index in [0.29, 0.717) is 6.42 Å².